The number of ether oxygens (including phenoxy) is 1. The van der Waals surface area contributed by atoms with Gasteiger partial charge < -0.3 is 10.1 Å². The fourth-order valence-corrected chi connectivity index (χ4v) is 4.30. The van der Waals surface area contributed by atoms with Crippen LogP contribution < -0.4 is 10.1 Å². The van der Waals surface area contributed by atoms with Crippen LogP contribution in [0.3, 0.4) is 0 Å². The molecule has 0 aliphatic carbocycles. The molecule has 0 fully saturated rings. The predicted molar refractivity (Wildman–Crippen MR) is 118 cm³/mol. The zero-order valence-corrected chi connectivity index (χ0v) is 17.1. The lowest BCUT2D eigenvalue weighted by Crippen LogP contribution is -2.42. The van der Waals surface area contributed by atoms with Gasteiger partial charge in [0, 0.05) is 23.6 Å². The summed E-state index contributed by atoms with van der Waals surface area (Å²) in [6, 6.07) is 27.9. The Hall–Kier alpha value is -4.09. The van der Waals surface area contributed by atoms with Crippen molar-refractivity contribution in [3.8, 4) is 17.9 Å². The van der Waals surface area contributed by atoms with Gasteiger partial charge in [0.15, 0.2) is 11.2 Å². The summed E-state index contributed by atoms with van der Waals surface area (Å²) in [5.74, 6) is 0.0145. The summed E-state index contributed by atoms with van der Waals surface area (Å²) < 4.78 is 5.25. The van der Waals surface area contributed by atoms with Crippen molar-refractivity contribution in [3.63, 3.8) is 0 Å². The Bertz CT molecular complexity index is 1160. The molecule has 1 N–H and O–H groups in total. The minimum absolute atomic E-state index is 0.0660. The SMILES string of the molecule is COc1ccc([C@@H]2Nc3ccccc3[C@@H](CC(=O)c3ccccc3)C2(C#N)C#N)cc1. The first-order valence-electron chi connectivity index (χ1n) is 10.0. The molecule has 1 aliphatic heterocycles. The van der Waals surface area contributed by atoms with Gasteiger partial charge in [-0.2, -0.15) is 10.5 Å². The smallest absolute Gasteiger partial charge is 0.175 e. The summed E-state index contributed by atoms with van der Waals surface area (Å²) in [6.45, 7) is 0. The summed E-state index contributed by atoms with van der Waals surface area (Å²) >= 11 is 0. The van der Waals surface area contributed by atoms with Crippen molar-refractivity contribution >= 4 is 11.5 Å². The lowest BCUT2D eigenvalue weighted by Gasteiger charge is -2.42. The molecule has 3 aromatic rings. The van der Waals surface area contributed by atoms with Crippen LogP contribution in [0, 0.1) is 28.1 Å². The van der Waals surface area contributed by atoms with Crippen molar-refractivity contribution in [2.24, 2.45) is 5.41 Å². The highest BCUT2D eigenvalue weighted by atomic mass is 16.5. The standard InChI is InChI=1S/C26H21N3O2/c1-31-20-13-11-19(12-14-20)25-26(16-27,17-28)22(21-9-5-6-10-23(21)29-25)15-24(30)18-7-3-2-4-8-18/h2-14,22,25,29H,15H2,1H3/t22-,25+/m1/s1. The Morgan fingerprint density at radius 2 is 1.61 bits per heavy atom. The zero-order chi connectivity index (χ0) is 21.8. The van der Waals surface area contributed by atoms with E-state index in [0.717, 1.165) is 16.8 Å². The number of rotatable bonds is 5. The number of anilines is 1. The number of ketones is 1. The van der Waals surface area contributed by atoms with Gasteiger partial charge in [0.1, 0.15) is 5.75 Å². The summed E-state index contributed by atoms with van der Waals surface area (Å²) in [5, 5.41) is 24.0. The van der Waals surface area contributed by atoms with E-state index < -0.39 is 17.4 Å². The van der Waals surface area contributed by atoms with Gasteiger partial charge in [-0.05, 0) is 29.3 Å². The molecule has 0 bridgehead atoms. The first-order valence-corrected chi connectivity index (χ1v) is 10.0. The van der Waals surface area contributed by atoms with Crippen molar-refractivity contribution in [2.75, 3.05) is 12.4 Å². The number of hydrogen-bond donors (Lipinski definition) is 1. The number of carbonyl (C=O) groups excluding carboxylic acids is 1. The van der Waals surface area contributed by atoms with E-state index in [9.17, 15) is 15.3 Å². The molecule has 31 heavy (non-hydrogen) atoms. The van der Waals surface area contributed by atoms with Crippen LogP contribution in [0.4, 0.5) is 5.69 Å². The highest BCUT2D eigenvalue weighted by Crippen LogP contribution is 2.54. The van der Waals surface area contributed by atoms with E-state index in [1.165, 1.54) is 0 Å². The molecule has 0 unspecified atom stereocenters. The van der Waals surface area contributed by atoms with Gasteiger partial charge in [-0.1, -0.05) is 60.7 Å². The lowest BCUT2D eigenvalue weighted by atomic mass is 9.63. The minimum atomic E-state index is -1.46. The topological polar surface area (TPSA) is 85.9 Å². The maximum absolute atomic E-state index is 13.1. The van der Waals surface area contributed by atoms with Crippen LogP contribution in [-0.2, 0) is 0 Å². The first-order chi connectivity index (χ1) is 15.1. The van der Waals surface area contributed by atoms with Crippen molar-refractivity contribution in [2.45, 2.75) is 18.4 Å². The predicted octanol–water partition coefficient (Wildman–Crippen LogP) is 5.25. The molecule has 0 saturated carbocycles. The highest BCUT2D eigenvalue weighted by molar-refractivity contribution is 5.97. The molecule has 5 heteroatoms. The van der Waals surface area contributed by atoms with Crippen LogP contribution in [-0.4, -0.2) is 12.9 Å². The number of para-hydroxylation sites is 1. The molecular formula is C26H21N3O2. The van der Waals surface area contributed by atoms with E-state index >= 15 is 0 Å². The third-order valence-corrected chi connectivity index (χ3v) is 5.95. The molecule has 0 amide bonds. The highest BCUT2D eigenvalue weighted by Gasteiger charge is 2.52. The first kappa shape index (κ1) is 20.2. The van der Waals surface area contributed by atoms with E-state index in [4.69, 9.17) is 4.74 Å². The van der Waals surface area contributed by atoms with Gasteiger partial charge in [0.25, 0.3) is 0 Å². The monoisotopic (exact) mass is 407 g/mol. The average molecular weight is 407 g/mol. The number of fused-ring (bicyclic) bond motifs is 1. The molecule has 2 atom stereocenters. The number of benzene rings is 3. The van der Waals surface area contributed by atoms with E-state index in [2.05, 4.69) is 17.5 Å². The van der Waals surface area contributed by atoms with Crippen LogP contribution in [0.5, 0.6) is 5.75 Å². The lowest BCUT2D eigenvalue weighted by molar-refractivity contribution is 0.0957. The van der Waals surface area contributed by atoms with Crippen molar-refractivity contribution in [1.29, 1.82) is 10.5 Å². The van der Waals surface area contributed by atoms with Gasteiger partial charge in [-0.3, -0.25) is 4.79 Å². The van der Waals surface area contributed by atoms with Crippen LogP contribution >= 0.6 is 0 Å². The summed E-state index contributed by atoms with van der Waals surface area (Å²) in [6.07, 6.45) is 0.0660. The molecule has 5 nitrogen and oxygen atoms in total. The Morgan fingerprint density at radius 1 is 0.968 bits per heavy atom. The van der Waals surface area contributed by atoms with Gasteiger partial charge >= 0.3 is 0 Å². The summed E-state index contributed by atoms with van der Waals surface area (Å²) in [5.41, 5.74) is 1.53. The maximum atomic E-state index is 13.1. The van der Waals surface area contributed by atoms with Gasteiger partial charge in [-0.25, -0.2) is 0 Å². The fraction of sp³-hybridized carbons (Fsp3) is 0.192. The van der Waals surface area contributed by atoms with E-state index in [1.807, 2.05) is 54.6 Å². The van der Waals surface area contributed by atoms with Gasteiger partial charge in [-0.15, -0.1) is 0 Å². The second-order valence-corrected chi connectivity index (χ2v) is 7.58. The fourth-order valence-electron chi connectivity index (χ4n) is 4.30. The van der Waals surface area contributed by atoms with E-state index in [0.29, 0.717) is 11.3 Å². The second-order valence-electron chi connectivity index (χ2n) is 7.58. The van der Waals surface area contributed by atoms with Crippen LogP contribution in [0.1, 0.15) is 39.9 Å². The Kier molecular flexibility index (Phi) is 5.43. The molecular weight excluding hydrogens is 386 g/mol. The molecule has 4 rings (SSSR count). The number of nitrogens with zero attached hydrogens (tertiary/aromatic N) is 2. The number of nitrogens with one attached hydrogen (secondary N) is 1. The van der Waals surface area contributed by atoms with Crippen LogP contribution in [0.2, 0.25) is 0 Å². The minimum Gasteiger partial charge on any atom is -0.497 e. The molecule has 0 radical (unpaired) electrons. The van der Waals surface area contributed by atoms with E-state index in [-0.39, 0.29) is 12.2 Å². The third-order valence-electron chi connectivity index (χ3n) is 5.95. The van der Waals surface area contributed by atoms with Crippen molar-refractivity contribution in [3.05, 3.63) is 95.6 Å². The molecule has 1 aliphatic rings. The summed E-state index contributed by atoms with van der Waals surface area (Å²) in [4.78, 5) is 13.1. The zero-order valence-electron chi connectivity index (χ0n) is 17.1. The molecule has 0 saturated heterocycles. The number of nitriles is 2. The number of carbonyl (C=O) groups is 1. The van der Waals surface area contributed by atoms with E-state index in [1.54, 1.807) is 31.4 Å². The number of methoxy groups -OCH3 is 1. The molecule has 0 spiro atoms. The summed E-state index contributed by atoms with van der Waals surface area (Å²) in [7, 11) is 1.59. The third kappa shape index (κ3) is 3.52. The second kappa shape index (κ2) is 8.34. The van der Waals surface area contributed by atoms with Crippen molar-refractivity contribution in [1.82, 2.24) is 0 Å². The van der Waals surface area contributed by atoms with Crippen LogP contribution in [0.25, 0.3) is 0 Å². The Morgan fingerprint density at radius 3 is 2.26 bits per heavy atom. The maximum Gasteiger partial charge on any atom is 0.175 e. The molecule has 0 aromatic heterocycles. The molecule has 152 valence electrons. The van der Waals surface area contributed by atoms with Crippen molar-refractivity contribution < 1.29 is 9.53 Å². The molecule has 1 heterocycles. The Balaban J connectivity index is 1.83. The van der Waals surface area contributed by atoms with Crippen LogP contribution in [0.15, 0.2) is 78.9 Å². The molecule has 3 aromatic carbocycles. The quantitative estimate of drug-likeness (QED) is 0.584. The number of hydrogen-bond acceptors (Lipinski definition) is 5. The largest absolute Gasteiger partial charge is 0.497 e. The number of Topliss-reactive ketones (excluding diaryl/α,β-unsaturated/α-hetero) is 1. The average Bonchev–Trinajstić information content (AvgIpc) is 2.84. The normalized spacial score (nSPS) is 18.5. The van der Waals surface area contributed by atoms with Gasteiger partial charge in [0.05, 0.1) is 25.3 Å². The van der Waals surface area contributed by atoms with Gasteiger partial charge in [0.2, 0.25) is 0 Å². The Labute approximate surface area is 181 Å².